The van der Waals surface area contributed by atoms with Gasteiger partial charge in [0.05, 0.1) is 18.4 Å². The first-order valence-corrected chi connectivity index (χ1v) is 9.56. The smallest absolute Gasteiger partial charge is 0.231 e. The van der Waals surface area contributed by atoms with Crippen LogP contribution in [0.25, 0.3) is 0 Å². The van der Waals surface area contributed by atoms with Crippen LogP contribution in [-0.4, -0.2) is 74.6 Å². The molecule has 0 aliphatic carbocycles. The van der Waals surface area contributed by atoms with E-state index < -0.39 is 5.41 Å². The van der Waals surface area contributed by atoms with E-state index in [0.29, 0.717) is 38.3 Å². The van der Waals surface area contributed by atoms with Crippen molar-refractivity contribution in [3.05, 3.63) is 35.6 Å². The predicted octanol–water partition coefficient (Wildman–Crippen LogP) is 1.06. The lowest BCUT2D eigenvalue weighted by molar-refractivity contribution is -0.151. The molecule has 1 aromatic rings. The number of hydrogen-bond acceptors (Lipinski definition) is 4. The fourth-order valence-electron chi connectivity index (χ4n) is 4.01. The molecule has 0 radical (unpaired) electrons. The molecule has 2 heterocycles. The predicted molar refractivity (Wildman–Crippen MR) is 99.7 cm³/mol. The van der Waals surface area contributed by atoms with Crippen molar-refractivity contribution in [2.24, 2.45) is 5.41 Å². The molecule has 2 aliphatic heterocycles. The van der Waals surface area contributed by atoms with Gasteiger partial charge in [0.1, 0.15) is 5.82 Å². The van der Waals surface area contributed by atoms with E-state index in [2.05, 4.69) is 5.32 Å². The lowest BCUT2D eigenvalue weighted by Gasteiger charge is -2.42. The number of carbonyl (C=O) groups is 2. The van der Waals surface area contributed by atoms with E-state index in [1.54, 1.807) is 30.2 Å². The normalized spacial score (nSPS) is 19.8. The molecule has 27 heavy (non-hydrogen) atoms. The van der Waals surface area contributed by atoms with E-state index in [0.717, 1.165) is 25.9 Å². The van der Waals surface area contributed by atoms with Crippen LogP contribution in [0.2, 0.25) is 0 Å². The Morgan fingerprint density at radius 3 is 2.37 bits per heavy atom. The molecular weight excluding hydrogens is 349 g/mol. The van der Waals surface area contributed by atoms with Gasteiger partial charge in [-0.15, -0.1) is 0 Å². The molecule has 7 heteroatoms. The number of nitrogens with one attached hydrogen (secondary N) is 1. The van der Waals surface area contributed by atoms with Crippen LogP contribution >= 0.6 is 0 Å². The highest BCUT2D eigenvalue weighted by atomic mass is 19.1. The van der Waals surface area contributed by atoms with Crippen LogP contribution in [0.1, 0.15) is 18.4 Å². The van der Waals surface area contributed by atoms with Crippen molar-refractivity contribution < 1.29 is 18.7 Å². The van der Waals surface area contributed by atoms with Gasteiger partial charge in [0, 0.05) is 33.3 Å². The summed E-state index contributed by atoms with van der Waals surface area (Å²) in [6.07, 6.45) is 1.60. The Labute approximate surface area is 159 Å². The third-order valence-corrected chi connectivity index (χ3v) is 5.65. The Hall–Kier alpha value is -1.99. The fraction of sp³-hybridized carbons (Fsp3) is 0.600. The molecule has 2 fully saturated rings. The van der Waals surface area contributed by atoms with Gasteiger partial charge in [-0.1, -0.05) is 18.2 Å². The first-order valence-electron chi connectivity index (χ1n) is 9.56. The Kier molecular flexibility index (Phi) is 6.44. The van der Waals surface area contributed by atoms with Crippen molar-refractivity contribution in [2.75, 3.05) is 53.0 Å². The lowest BCUT2D eigenvalue weighted by atomic mass is 9.78. The lowest BCUT2D eigenvalue weighted by Crippen LogP contribution is -2.57. The molecule has 2 aliphatic rings. The molecule has 0 spiro atoms. The van der Waals surface area contributed by atoms with E-state index in [1.807, 2.05) is 4.90 Å². The SMILES string of the molecule is COCC1(C(=O)N2CCN(C(=O)Cc3ccccc3F)CC2)CCNCC1. The Bertz CT molecular complexity index is 663. The van der Waals surface area contributed by atoms with E-state index in [4.69, 9.17) is 4.74 Å². The summed E-state index contributed by atoms with van der Waals surface area (Å²) in [5, 5.41) is 3.30. The number of benzene rings is 1. The molecule has 0 atom stereocenters. The average Bonchev–Trinajstić information content (AvgIpc) is 2.70. The summed E-state index contributed by atoms with van der Waals surface area (Å²) in [5.74, 6) is -0.320. The summed E-state index contributed by atoms with van der Waals surface area (Å²) < 4.78 is 19.1. The van der Waals surface area contributed by atoms with Crippen LogP contribution in [0.4, 0.5) is 4.39 Å². The summed E-state index contributed by atoms with van der Waals surface area (Å²) >= 11 is 0. The number of piperazine rings is 1. The van der Waals surface area contributed by atoms with Crippen LogP contribution in [0.15, 0.2) is 24.3 Å². The summed E-state index contributed by atoms with van der Waals surface area (Å²) in [7, 11) is 1.64. The maximum absolute atomic E-state index is 13.8. The maximum atomic E-state index is 13.8. The highest BCUT2D eigenvalue weighted by Crippen LogP contribution is 2.32. The van der Waals surface area contributed by atoms with Crippen molar-refractivity contribution in [2.45, 2.75) is 19.3 Å². The monoisotopic (exact) mass is 377 g/mol. The minimum Gasteiger partial charge on any atom is -0.384 e. The topological polar surface area (TPSA) is 61.9 Å². The van der Waals surface area contributed by atoms with Gasteiger partial charge in [0.15, 0.2) is 0 Å². The van der Waals surface area contributed by atoms with Gasteiger partial charge in [0.2, 0.25) is 11.8 Å². The number of nitrogens with zero attached hydrogens (tertiary/aromatic N) is 2. The summed E-state index contributed by atoms with van der Waals surface area (Å²) in [6.45, 7) is 4.06. The molecule has 1 N–H and O–H groups in total. The largest absolute Gasteiger partial charge is 0.384 e. The van der Waals surface area contributed by atoms with Crippen molar-refractivity contribution in [1.82, 2.24) is 15.1 Å². The van der Waals surface area contributed by atoms with Crippen molar-refractivity contribution in [3.8, 4) is 0 Å². The second-order valence-electron chi connectivity index (χ2n) is 7.40. The van der Waals surface area contributed by atoms with E-state index in [1.165, 1.54) is 6.07 Å². The van der Waals surface area contributed by atoms with Crippen LogP contribution in [-0.2, 0) is 20.7 Å². The van der Waals surface area contributed by atoms with E-state index in [9.17, 15) is 14.0 Å². The molecule has 6 nitrogen and oxygen atoms in total. The maximum Gasteiger partial charge on any atom is 0.231 e. The number of piperidine rings is 1. The zero-order valence-electron chi connectivity index (χ0n) is 15.9. The quantitative estimate of drug-likeness (QED) is 0.834. The van der Waals surface area contributed by atoms with Crippen molar-refractivity contribution in [3.63, 3.8) is 0 Å². The molecule has 1 aromatic carbocycles. The van der Waals surface area contributed by atoms with Gasteiger partial charge in [-0.05, 0) is 37.6 Å². The van der Waals surface area contributed by atoms with Crippen LogP contribution < -0.4 is 5.32 Å². The minimum atomic E-state index is -0.459. The van der Waals surface area contributed by atoms with E-state index in [-0.39, 0.29) is 24.1 Å². The third-order valence-electron chi connectivity index (χ3n) is 5.65. The Morgan fingerprint density at radius 1 is 1.11 bits per heavy atom. The van der Waals surface area contributed by atoms with Crippen molar-refractivity contribution in [1.29, 1.82) is 0 Å². The van der Waals surface area contributed by atoms with Gasteiger partial charge in [-0.3, -0.25) is 9.59 Å². The second-order valence-corrected chi connectivity index (χ2v) is 7.40. The van der Waals surface area contributed by atoms with Crippen LogP contribution in [0.3, 0.4) is 0 Å². The highest BCUT2D eigenvalue weighted by Gasteiger charge is 2.43. The zero-order valence-corrected chi connectivity index (χ0v) is 15.9. The molecule has 148 valence electrons. The second kappa shape index (κ2) is 8.80. The van der Waals surface area contributed by atoms with Crippen molar-refractivity contribution >= 4 is 11.8 Å². The first kappa shape index (κ1) is 19.8. The number of halogens is 1. The van der Waals surface area contributed by atoms with Gasteiger partial charge in [-0.25, -0.2) is 4.39 Å². The number of carbonyl (C=O) groups excluding carboxylic acids is 2. The third kappa shape index (κ3) is 4.47. The molecular formula is C20H28FN3O3. The molecule has 0 saturated carbocycles. The van der Waals surface area contributed by atoms with Gasteiger partial charge >= 0.3 is 0 Å². The standard InChI is InChI=1S/C20H28FN3O3/c1-27-15-20(6-8-22-9-7-20)19(26)24-12-10-23(11-13-24)18(25)14-16-4-2-3-5-17(16)21/h2-5,22H,6-15H2,1H3. The number of rotatable bonds is 5. The number of hydrogen-bond donors (Lipinski definition) is 1. The minimum absolute atomic E-state index is 0.0555. The zero-order chi connectivity index (χ0) is 19.3. The Balaban J connectivity index is 1.57. The number of ether oxygens (including phenoxy) is 1. The van der Waals surface area contributed by atoms with Crippen LogP contribution in [0, 0.1) is 11.2 Å². The number of amides is 2. The van der Waals surface area contributed by atoms with Gasteiger partial charge in [0.25, 0.3) is 0 Å². The first-order chi connectivity index (χ1) is 13.1. The molecule has 3 rings (SSSR count). The molecule has 0 unspecified atom stereocenters. The van der Waals surface area contributed by atoms with Gasteiger partial charge < -0.3 is 19.9 Å². The average molecular weight is 377 g/mol. The summed E-state index contributed by atoms with van der Waals surface area (Å²) in [6, 6.07) is 6.35. The fourth-order valence-corrected chi connectivity index (χ4v) is 4.01. The van der Waals surface area contributed by atoms with Gasteiger partial charge in [-0.2, -0.15) is 0 Å². The summed E-state index contributed by atoms with van der Waals surface area (Å²) in [5.41, 5.74) is -0.0472. The number of methoxy groups -OCH3 is 1. The van der Waals surface area contributed by atoms with Crippen LogP contribution in [0.5, 0.6) is 0 Å². The molecule has 2 amide bonds. The molecule has 0 aromatic heterocycles. The molecule has 0 bridgehead atoms. The Morgan fingerprint density at radius 2 is 1.74 bits per heavy atom. The van der Waals surface area contributed by atoms with E-state index >= 15 is 0 Å². The summed E-state index contributed by atoms with van der Waals surface area (Å²) in [4.78, 5) is 29.2. The highest BCUT2D eigenvalue weighted by molar-refractivity contribution is 5.84. The molecule has 2 saturated heterocycles.